The van der Waals surface area contributed by atoms with Crippen molar-refractivity contribution in [3.05, 3.63) is 101 Å². The molecule has 0 saturated heterocycles. The van der Waals surface area contributed by atoms with Gasteiger partial charge in [0.15, 0.2) is 0 Å². The molecule has 2 unspecified atom stereocenters. The molecule has 3 aromatic carbocycles. The van der Waals surface area contributed by atoms with Crippen LogP contribution in [0.2, 0.25) is 0 Å². The molecule has 6 nitrogen and oxygen atoms in total. The molecule has 0 bridgehead atoms. The second-order valence-corrected chi connectivity index (χ2v) is 12.0. The molecule has 5 rings (SSSR count). The van der Waals surface area contributed by atoms with Crippen LogP contribution in [0.3, 0.4) is 0 Å². The van der Waals surface area contributed by atoms with E-state index in [0.717, 1.165) is 12.8 Å². The van der Waals surface area contributed by atoms with Crippen LogP contribution in [-0.4, -0.2) is 26.6 Å². The minimum atomic E-state index is -3.80. The van der Waals surface area contributed by atoms with Gasteiger partial charge in [-0.2, -0.15) is 4.49 Å². The summed E-state index contributed by atoms with van der Waals surface area (Å²) in [6.07, 6.45) is 5.13. The molecule has 9 heteroatoms. The largest absolute Gasteiger partial charge is 0.383 e. The maximum absolute atomic E-state index is 15.2. The zero-order valence-corrected chi connectivity index (χ0v) is 21.0. The fourth-order valence-electron chi connectivity index (χ4n) is 4.67. The molecule has 1 aliphatic heterocycles. The van der Waals surface area contributed by atoms with Crippen LogP contribution in [0.5, 0.6) is 0 Å². The molecule has 1 aliphatic carbocycles. The third kappa shape index (κ3) is 4.74. The summed E-state index contributed by atoms with van der Waals surface area (Å²) in [6.45, 7) is 0. The van der Waals surface area contributed by atoms with Crippen molar-refractivity contribution in [1.29, 1.82) is 0 Å². The van der Waals surface area contributed by atoms with E-state index in [1.54, 1.807) is 60.8 Å². The molecule has 0 radical (unpaired) electrons. The number of rotatable bonds is 6. The summed E-state index contributed by atoms with van der Waals surface area (Å²) in [4.78, 5) is 6.01. The first-order valence-electron chi connectivity index (χ1n) is 11.3. The van der Waals surface area contributed by atoms with Gasteiger partial charge in [0, 0.05) is 36.2 Å². The molecule has 3 atom stereocenters. The Morgan fingerprint density at radius 2 is 1.86 bits per heavy atom. The Bertz CT molecular complexity index is 1440. The van der Waals surface area contributed by atoms with Gasteiger partial charge in [-0.15, -0.1) is 0 Å². The number of nitrogens with zero attached hydrogens (tertiary/aromatic N) is 2. The zero-order chi connectivity index (χ0) is 24.6. The van der Waals surface area contributed by atoms with Crippen LogP contribution < -0.4 is 10.2 Å². The lowest BCUT2D eigenvalue weighted by atomic mass is 9.99. The van der Waals surface area contributed by atoms with Gasteiger partial charge in [-0.25, -0.2) is 17.8 Å². The molecule has 0 fully saturated rings. The first-order valence-corrected chi connectivity index (χ1v) is 13.9. The van der Waals surface area contributed by atoms with Crippen LogP contribution in [0.4, 0.5) is 4.39 Å². The monoisotopic (exact) mass is 508 g/mol. The van der Waals surface area contributed by atoms with Crippen molar-refractivity contribution in [3.63, 3.8) is 0 Å². The van der Waals surface area contributed by atoms with Crippen molar-refractivity contribution in [2.24, 2.45) is 10.7 Å². The van der Waals surface area contributed by atoms with Crippen LogP contribution >= 0.6 is 8.73 Å². The second-order valence-electron chi connectivity index (χ2n) is 8.71. The maximum atomic E-state index is 15.2. The van der Waals surface area contributed by atoms with E-state index in [2.05, 4.69) is 21.6 Å². The van der Waals surface area contributed by atoms with E-state index >= 15 is 4.39 Å². The average Bonchev–Trinajstić information content (AvgIpc) is 3.26. The number of nitrogens with one attached hydrogen (secondary N) is 1. The predicted octanol–water partition coefficient (Wildman–Crippen LogP) is 4.87. The van der Waals surface area contributed by atoms with Gasteiger partial charge in [0.05, 0.1) is 10.9 Å². The number of halogens is 1. The number of aryl methyl sites for hydroxylation is 1. The van der Waals surface area contributed by atoms with E-state index < -0.39 is 21.9 Å². The van der Waals surface area contributed by atoms with E-state index in [0.29, 0.717) is 22.5 Å². The molecule has 1 heterocycles. The number of hydrogen-bond acceptors (Lipinski definition) is 5. The summed E-state index contributed by atoms with van der Waals surface area (Å²) in [5, 5.41) is 0. The molecule has 0 amide bonds. The molecular weight excluding hydrogens is 482 g/mol. The van der Waals surface area contributed by atoms with Gasteiger partial charge in [-0.1, -0.05) is 54.6 Å². The minimum absolute atomic E-state index is 0.0294. The molecule has 35 heavy (non-hydrogen) atoms. The SMILES string of the molecule is CN1C=C(N)N=CC1c1ccc(-c2ccccc2S(=O)(=O)NP[C@H]2CCc3ccccc32)cc1F. The zero-order valence-electron chi connectivity index (χ0n) is 19.1. The second kappa shape index (κ2) is 9.53. The normalized spacial score (nSPS) is 19.8. The highest BCUT2D eigenvalue weighted by atomic mass is 32.2. The molecular formula is C26H26FN4O2PS. The Morgan fingerprint density at radius 1 is 1.09 bits per heavy atom. The molecule has 0 aromatic heterocycles. The van der Waals surface area contributed by atoms with Gasteiger partial charge in [0.2, 0.25) is 10.0 Å². The van der Waals surface area contributed by atoms with Crippen molar-refractivity contribution in [2.45, 2.75) is 29.4 Å². The Labute approximate surface area is 206 Å². The standard InChI is InChI=1S/C26H26FN4O2PS/c1-31-16-26(28)29-15-23(31)21-12-10-18(14-22(21)27)20-8-4-5-9-25(20)35(32,33)30-34-24-13-11-17-6-2-3-7-19(17)24/h2-10,12,14-16,23-24,30,34H,11,13,28H2,1H3/t23?,24-/m0/s1. The Balaban J connectivity index is 1.40. The Hall–Kier alpha value is -3.06. The van der Waals surface area contributed by atoms with Gasteiger partial charge in [0.25, 0.3) is 0 Å². The van der Waals surface area contributed by atoms with Crippen LogP contribution in [0.15, 0.2) is 88.6 Å². The fourth-order valence-corrected chi connectivity index (χ4v) is 7.76. The van der Waals surface area contributed by atoms with E-state index in [9.17, 15) is 8.42 Å². The van der Waals surface area contributed by atoms with Crippen LogP contribution in [0, 0.1) is 5.82 Å². The van der Waals surface area contributed by atoms with Gasteiger partial charge >= 0.3 is 0 Å². The first kappa shape index (κ1) is 23.7. The minimum Gasteiger partial charge on any atom is -0.383 e. The van der Waals surface area contributed by atoms with Gasteiger partial charge in [-0.05, 0) is 50.4 Å². The average molecular weight is 509 g/mol. The molecule has 3 N–H and O–H groups in total. The van der Waals surface area contributed by atoms with Gasteiger partial charge < -0.3 is 10.6 Å². The van der Waals surface area contributed by atoms with Crippen molar-refractivity contribution in [2.75, 3.05) is 7.05 Å². The topological polar surface area (TPSA) is 87.8 Å². The maximum Gasteiger partial charge on any atom is 0.244 e. The highest BCUT2D eigenvalue weighted by molar-refractivity contribution is 7.93. The smallest absolute Gasteiger partial charge is 0.244 e. The summed E-state index contributed by atoms with van der Waals surface area (Å²) in [5.74, 6) is -0.0847. The van der Waals surface area contributed by atoms with Gasteiger partial charge in [-0.3, -0.25) is 0 Å². The summed E-state index contributed by atoms with van der Waals surface area (Å²) >= 11 is 0. The van der Waals surface area contributed by atoms with Crippen LogP contribution in [0.1, 0.15) is 34.8 Å². The summed E-state index contributed by atoms with van der Waals surface area (Å²) < 4.78 is 44.7. The Kier molecular flexibility index (Phi) is 6.45. The number of hydrogen-bond donors (Lipinski definition) is 2. The molecule has 180 valence electrons. The third-order valence-corrected chi connectivity index (χ3v) is 9.88. The molecule has 0 spiro atoms. The lowest BCUT2D eigenvalue weighted by Crippen LogP contribution is -2.26. The lowest BCUT2D eigenvalue weighted by Gasteiger charge is -2.27. The number of benzene rings is 3. The Morgan fingerprint density at radius 3 is 2.66 bits per heavy atom. The molecule has 2 aliphatic rings. The van der Waals surface area contributed by atoms with Crippen molar-refractivity contribution in [1.82, 2.24) is 9.39 Å². The van der Waals surface area contributed by atoms with Gasteiger partial charge in [0.1, 0.15) is 11.6 Å². The number of fused-ring (bicyclic) bond motifs is 1. The van der Waals surface area contributed by atoms with Crippen LogP contribution in [0.25, 0.3) is 11.1 Å². The summed E-state index contributed by atoms with van der Waals surface area (Å²) in [5.41, 5.74) is 9.76. The lowest BCUT2D eigenvalue weighted by molar-refractivity contribution is 0.397. The van der Waals surface area contributed by atoms with Crippen molar-refractivity contribution >= 4 is 25.0 Å². The number of aliphatic imine (C=N–C) groups is 1. The van der Waals surface area contributed by atoms with E-state index in [-0.39, 0.29) is 19.3 Å². The van der Waals surface area contributed by atoms with E-state index in [1.165, 1.54) is 17.2 Å². The van der Waals surface area contributed by atoms with Crippen molar-refractivity contribution in [3.8, 4) is 11.1 Å². The fraction of sp³-hybridized carbons (Fsp3) is 0.192. The quantitative estimate of drug-likeness (QED) is 0.465. The van der Waals surface area contributed by atoms with E-state index in [4.69, 9.17) is 5.73 Å². The summed E-state index contributed by atoms with van der Waals surface area (Å²) in [6, 6.07) is 19.3. The molecule has 0 saturated carbocycles. The van der Waals surface area contributed by atoms with Crippen LogP contribution in [-0.2, 0) is 16.4 Å². The summed E-state index contributed by atoms with van der Waals surface area (Å²) in [7, 11) is -1.97. The first-order chi connectivity index (χ1) is 16.8. The van der Waals surface area contributed by atoms with E-state index in [1.807, 2.05) is 12.1 Å². The predicted molar refractivity (Wildman–Crippen MR) is 139 cm³/mol. The number of nitrogens with two attached hydrogens (primary N) is 1. The number of sulfonamides is 1. The molecule has 3 aromatic rings. The third-order valence-electron chi connectivity index (χ3n) is 6.45. The highest BCUT2D eigenvalue weighted by Gasteiger charge is 2.26. The highest BCUT2D eigenvalue weighted by Crippen LogP contribution is 2.44. The van der Waals surface area contributed by atoms with Crippen molar-refractivity contribution < 1.29 is 12.8 Å².